The molecule has 0 saturated heterocycles. The highest BCUT2D eigenvalue weighted by Gasteiger charge is 2.20. The highest BCUT2D eigenvalue weighted by Crippen LogP contribution is 2.29. The minimum Gasteiger partial charge on any atom is -0.439 e. The Balaban J connectivity index is 1.86. The quantitative estimate of drug-likeness (QED) is 0.386. The van der Waals surface area contributed by atoms with E-state index in [0.29, 0.717) is 16.5 Å². The maximum atomic E-state index is 13.2. The molecule has 1 N–H and O–H groups in total. The normalized spacial score (nSPS) is 10.7. The molecule has 30 heavy (non-hydrogen) atoms. The number of carbonyl (C=O) groups is 1. The molecule has 7 nitrogen and oxygen atoms in total. The van der Waals surface area contributed by atoms with Gasteiger partial charge >= 0.3 is 0 Å². The molecular formula is C23H16N2O5. The Morgan fingerprint density at radius 1 is 1.00 bits per heavy atom. The number of rotatable bonds is 4. The molecule has 0 aliphatic carbocycles. The van der Waals surface area contributed by atoms with Crippen LogP contribution >= 0.6 is 0 Å². The topological polar surface area (TPSA) is 102 Å². The highest BCUT2D eigenvalue weighted by molar-refractivity contribution is 6.06. The molecule has 7 heteroatoms. The molecule has 0 aliphatic rings. The van der Waals surface area contributed by atoms with Crippen molar-refractivity contribution in [3.63, 3.8) is 0 Å². The number of non-ortho nitro benzene ring substituents is 1. The van der Waals surface area contributed by atoms with Crippen molar-refractivity contribution < 1.29 is 14.1 Å². The van der Waals surface area contributed by atoms with Gasteiger partial charge in [0, 0.05) is 17.7 Å². The van der Waals surface area contributed by atoms with Gasteiger partial charge in [-0.3, -0.25) is 25.0 Å². The minimum absolute atomic E-state index is 0.0131. The number of hydrogen-bond donors (Lipinski definition) is 1. The van der Waals surface area contributed by atoms with Crippen LogP contribution in [0, 0.1) is 17.0 Å². The molecule has 4 aromatic rings. The number of anilines is 1. The van der Waals surface area contributed by atoms with Crippen LogP contribution in [0.1, 0.15) is 15.9 Å². The molecule has 0 unspecified atom stereocenters. The Labute approximate surface area is 170 Å². The second-order valence-corrected chi connectivity index (χ2v) is 6.76. The van der Waals surface area contributed by atoms with Gasteiger partial charge in [0.25, 0.3) is 11.6 Å². The first-order valence-corrected chi connectivity index (χ1v) is 9.13. The third kappa shape index (κ3) is 3.56. The lowest BCUT2D eigenvalue weighted by molar-refractivity contribution is -0.384. The maximum Gasteiger partial charge on any atom is 0.270 e. The van der Waals surface area contributed by atoms with E-state index in [4.69, 9.17) is 4.42 Å². The second-order valence-electron chi connectivity index (χ2n) is 6.76. The summed E-state index contributed by atoms with van der Waals surface area (Å²) < 4.78 is 5.87. The van der Waals surface area contributed by atoms with Crippen LogP contribution in [0.25, 0.3) is 22.1 Å². The van der Waals surface area contributed by atoms with Gasteiger partial charge in [0.05, 0.1) is 15.9 Å². The summed E-state index contributed by atoms with van der Waals surface area (Å²) in [6, 6.07) is 19.4. The summed E-state index contributed by atoms with van der Waals surface area (Å²) >= 11 is 0. The molecule has 4 rings (SSSR count). The van der Waals surface area contributed by atoms with Gasteiger partial charge in [-0.2, -0.15) is 0 Å². The fourth-order valence-corrected chi connectivity index (χ4v) is 3.23. The van der Waals surface area contributed by atoms with Crippen LogP contribution in [-0.4, -0.2) is 10.8 Å². The van der Waals surface area contributed by atoms with Crippen molar-refractivity contribution in [2.75, 3.05) is 5.32 Å². The van der Waals surface area contributed by atoms with E-state index in [-0.39, 0.29) is 28.1 Å². The lowest BCUT2D eigenvalue weighted by Crippen LogP contribution is -2.16. The first-order valence-electron chi connectivity index (χ1n) is 9.13. The summed E-state index contributed by atoms with van der Waals surface area (Å²) in [5.74, 6) is -0.633. The highest BCUT2D eigenvalue weighted by atomic mass is 16.6. The summed E-state index contributed by atoms with van der Waals surface area (Å²) in [5.41, 5.74) is 1.68. The number of aryl methyl sites for hydroxylation is 1. The van der Waals surface area contributed by atoms with Crippen LogP contribution in [0.3, 0.4) is 0 Å². The number of carbonyl (C=O) groups excluding carboxylic acids is 1. The van der Waals surface area contributed by atoms with Gasteiger partial charge in [-0.05, 0) is 30.7 Å². The Kier molecular flexibility index (Phi) is 4.85. The molecule has 0 radical (unpaired) electrons. The van der Waals surface area contributed by atoms with Gasteiger partial charge in [-0.25, -0.2) is 0 Å². The van der Waals surface area contributed by atoms with Crippen molar-refractivity contribution in [1.29, 1.82) is 0 Å². The number of benzene rings is 3. The van der Waals surface area contributed by atoms with Crippen molar-refractivity contribution >= 4 is 28.4 Å². The van der Waals surface area contributed by atoms with Crippen LogP contribution in [-0.2, 0) is 0 Å². The Morgan fingerprint density at radius 3 is 2.53 bits per heavy atom. The van der Waals surface area contributed by atoms with Crippen molar-refractivity contribution in [2.45, 2.75) is 6.92 Å². The fraction of sp³-hybridized carbons (Fsp3) is 0.0435. The van der Waals surface area contributed by atoms with E-state index in [9.17, 15) is 19.7 Å². The average molecular weight is 400 g/mol. The monoisotopic (exact) mass is 400 g/mol. The van der Waals surface area contributed by atoms with Crippen molar-refractivity contribution in [2.24, 2.45) is 0 Å². The van der Waals surface area contributed by atoms with E-state index in [2.05, 4.69) is 5.32 Å². The predicted molar refractivity (Wildman–Crippen MR) is 114 cm³/mol. The molecule has 0 aliphatic heterocycles. The molecular weight excluding hydrogens is 384 g/mol. The van der Waals surface area contributed by atoms with Crippen LogP contribution < -0.4 is 10.7 Å². The molecule has 0 fully saturated rings. The summed E-state index contributed by atoms with van der Waals surface area (Å²) in [6.07, 6.45) is 0. The zero-order chi connectivity index (χ0) is 21.3. The second kappa shape index (κ2) is 7.63. The van der Waals surface area contributed by atoms with Crippen molar-refractivity contribution in [3.8, 4) is 11.1 Å². The number of nitro benzene ring substituents is 1. The lowest BCUT2D eigenvalue weighted by atomic mass is 10.0. The number of fused-ring (bicyclic) bond motifs is 1. The Hall–Kier alpha value is -4.26. The molecule has 0 bridgehead atoms. The first-order chi connectivity index (χ1) is 14.4. The number of amides is 1. The first kappa shape index (κ1) is 19.1. The van der Waals surface area contributed by atoms with E-state index in [1.165, 1.54) is 24.3 Å². The SMILES string of the molecule is Cc1cccc(-c2c(NC(=O)c3cccc([N+](=O)[O-])c3)oc3ccccc3c2=O)c1. The number of hydrogen-bond acceptors (Lipinski definition) is 5. The van der Waals surface area contributed by atoms with Gasteiger partial charge in [0.2, 0.25) is 11.3 Å². The van der Waals surface area contributed by atoms with Crippen LogP contribution in [0.2, 0.25) is 0 Å². The maximum absolute atomic E-state index is 13.2. The van der Waals surface area contributed by atoms with Crippen LogP contribution in [0.5, 0.6) is 0 Å². The van der Waals surface area contributed by atoms with E-state index in [0.717, 1.165) is 5.56 Å². The largest absolute Gasteiger partial charge is 0.439 e. The van der Waals surface area contributed by atoms with E-state index in [1.54, 1.807) is 30.3 Å². The fourth-order valence-electron chi connectivity index (χ4n) is 3.23. The molecule has 1 amide bonds. The zero-order valence-corrected chi connectivity index (χ0v) is 15.9. The van der Waals surface area contributed by atoms with Gasteiger partial charge < -0.3 is 4.42 Å². The number of nitrogens with zero attached hydrogens (tertiary/aromatic N) is 1. The standard InChI is InChI=1S/C23H16N2O5/c1-14-6-4-7-15(12-14)20-21(26)18-10-2-3-11-19(18)30-23(20)24-22(27)16-8-5-9-17(13-16)25(28)29/h2-13H,1H3,(H,24,27). The minimum atomic E-state index is -0.619. The third-order valence-corrected chi connectivity index (χ3v) is 4.65. The third-order valence-electron chi connectivity index (χ3n) is 4.65. The smallest absolute Gasteiger partial charge is 0.270 e. The molecule has 1 aromatic heterocycles. The number of nitrogens with one attached hydrogen (secondary N) is 1. The van der Waals surface area contributed by atoms with Gasteiger partial charge in [-0.15, -0.1) is 0 Å². The number of para-hydroxylation sites is 1. The summed E-state index contributed by atoms with van der Waals surface area (Å²) in [4.78, 5) is 36.4. The molecule has 148 valence electrons. The summed E-state index contributed by atoms with van der Waals surface area (Å²) in [6.45, 7) is 1.90. The molecule has 0 saturated carbocycles. The van der Waals surface area contributed by atoms with Crippen LogP contribution in [0.15, 0.2) is 82.0 Å². The van der Waals surface area contributed by atoms with E-state index in [1.807, 2.05) is 25.1 Å². The Morgan fingerprint density at radius 2 is 1.77 bits per heavy atom. The zero-order valence-electron chi connectivity index (χ0n) is 15.9. The molecule has 1 heterocycles. The number of nitro groups is 1. The van der Waals surface area contributed by atoms with Gasteiger partial charge in [0.1, 0.15) is 5.58 Å². The van der Waals surface area contributed by atoms with Crippen LogP contribution in [0.4, 0.5) is 11.6 Å². The molecule has 0 spiro atoms. The van der Waals surface area contributed by atoms with E-state index >= 15 is 0 Å². The van der Waals surface area contributed by atoms with Crippen molar-refractivity contribution in [3.05, 3.63) is 104 Å². The summed E-state index contributed by atoms with van der Waals surface area (Å²) in [7, 11) is 0. The molecule has 3 aromatic carbocycles. The van der Waals surface area contributed by atoms with Gasteiger partial charge in [0.15, 0.2) is 0 Å². The predicted octanol–water partition coefficient (Wildman–Crippen LogP) is 4.93. The van der Waals surface area contributed by atoms with Gasteiger partial charge in [-0.1, -0.05) is 48.0 Å². The lowest BCUT2D eigenvalue weighted by Gasteiger charge is -2.12. The van der Waals surface area contributed by atoms with E-state index < -0.39 is 10.8 Å². The van der Waals surface area contributed by atoms with Crippen molar-refractivity contribution in [1.82, 2.24) is 0 Å². The average Bonchev–Trinajstić information content (AvgIpc) is 2.74. The molecule has 0 atom stereocenters. The summed E-state index contributed by atoms with van der Waals surface area (Å²) in [5, 5.41) is 14.0. The Bertz CT molecular complexity index is 1360.